The molecule has 0 saturated carbocycles. The molecule has 0 aliphatic carbocycles. The highest BCUT2D eigenvalue weighted by molar-refractivity contribution is 5.92. The molecule has 0 radical (unpaired) electrons. The van der Waals surface area contributed by atoms with Gasteiger partial charge in [-0.05, 0) is 20.8 Å². The first-order valence-corrected chi connectivity index (χ1v) is 5.03. The zero-order valence-electron chi connectivity index (χ0n) is 10.2. The van der Waals surface area contributed by atoms with Crippen LogP contribution in [0.2, 0.25) is 0 Å². The molecule has 0 aromatic carbocycles. The summed E-state index contributed by atoms with van der Waals surface area (Å²) in [5.74, 6) is -0.704. The molecule has 0 aromatic rings. The number of carbonyl (C=O) groups is 3. The summed E-state index contributed by atoms with van der Waals surface area (Å²) in [6, 6.07) is 0. The van der Waals surface area contributed by atoms with Crippen molar-refractivity contribution in [2.75, 3.05) is 13.7 Å². The van der Waals surface area contributed by atoms with Crippen LogP contribution < -0.4 is 0 Å². The van der Waals surface area contributed by atoms with E-state index in [1.807, 2.05) is 0 Å². The van der Waals surface area contributed by atoms with Crippen LogP contribution in [0, 0.1) is 0 Å². The minimum Gasteiger partial charge on any atom is -0.466 e. The van der Waals surface area contributed by atoms with Gasteiger partial charge in [0, 0.05) is 0 Å². The average molecular weight is 245 g/mol. The van der Waals surface area contributed by atoms with Crippen LogP contribution in [0.4, 0.5) is 9.59 Å². The van der Waals surface area contributed by atoms with E-state index in [2.05, 4.69) is 9.47 Å². The number of esters is 1. The third kappa shape index (κ3) is 3.33. The molecule has 7 nitrogen and oxygen atoms in total. The lowest BCUT2D eigenvalue weighted by molar-refractivity contribution is -0.148. The van der Waals surface area contributed by atoms with Gasteiger partial charge in [-0.15, -0.1) is 0 Å². The second-order valence-corrected chi connectivity index (χ2v) is 4.49. The number of cyclic esters (lactones) is 1. The molecular weight excluding hydrogens is 230 g/mol. The number of rotatable bonds is 1. The van der Waals surface area contributed by atoms with Gasteiger partial charge in [-0.3, -0.25) is 0 Å². The summed E-state index contributed by atoms with van der Waals surface area (Å²) in [6.45, 7) is 4.82. The smallest absolute Gasteiger partial charge is 0.420 e. The van der Waals surface area contributed by atoms with Gasteiger partial charge in [-0.25, -0.2) is 19.3 Å². The van der Waals surface area contributed by atoms with Crippen LogP contribution in [0.25, 0.3) is 0 Å². The predicted octanol–water partition coefficient (Wildman–Crippen LogP) is 0.915. The Morgan fingerprint density at radius 3 is 2.47 bits per heavy atom. The zero-order valence-corrected chi connectivity index (χ0v) is 10.2. The van der Waals surface area contributed by atoms with Gasteiger partial charge in [0.05, 0.1) is 13.7 Å². The monoisotopic (exact) mass is 245 g/mol. The molecule has 1 aliphatic heterocycles. The Morgan fingerprint density at radius 1 is 1.41 bits per heavy atom. The minimum atomic E-state index is -1.08. The van der Waals surface area contributed by atoms with E-state index in [0.717, 1.165) is 4.90 Å². The summed E-state index contributed by atoms with van der Waals surface area (Å²) in [5.41, 5.74) is -0.722. The third-order valence-electron chi connectivity index (χ3n) is 1.89. The molecule has 2 amide bonds. The Labute approximate surface area is 98.6 Å². The Balaban J connectivity index is 2.65. The quantitative estimate of drug-likeness (QED) is 0.504. The molecular formula is C10H15NO6. The molecule has 1 aliphatic rings. The standard InChI is InChI=1S/C10H15NO6/c1-10(2,3)17-9(14)11-5-6(7(12)15-4)16-8(11)13/h6H,5H2,1-4H3/t6-/m0/s1. The van der Waals surface area contributed by atoms with Gasteiger partial charge < -0.3 is 14.2 Å². The number of carbonyl (C=O) groups excluding carboxylic acids is 3. The van der Waals surface area contributed by atoms with Crippen molar-refractivity contribution in [2.45, 2.75) is 32.5 Å². The second kappa shape index (κ2) is 4.60. The molecule has 17 heavy (non-hydrogen) atoms. The molecule has 1 rings (SSSR count). The van der Waals surface area contributed by atoms with Gasteiger partial charge in [0.25, 0.3) is 0 Å². The van der Waals surface area contributed by atoms with Crippen LogP contribution in [0.1, 0.15) is 20.8 Å². The first kappa shape index (κ1) is 13.3. The molecule has 96 valence electrons. The summed E-state index contributed by atoms with van der Waals surface area (Å²) in [7, 11) is 1.17. The molecule has 1 heterocycles. The molecule has 0 N–H and O–H groups in total. The summed E-state index contributed by atoms with van der Waals surface area (Å²) in [4.78, 5) is 34.8. The topological polar surface area (TPSA) is 82.1 Å². The summed E-state index contributed by atoms with van der Waals surface area (Å²) < 4.78 is 14.1. The summed E-state index contributed by atoms with van der Waals surface area (Å²) >= 11 is 0. The number of imide groups is 1. The van der Waals surface area contributed by atoms with E-state index < -0.39 is 29.9 Å². The van der Waals surface area contributed by atoms with Crippen molar-refractivity contribution in [3.05, 3.63) is 0 Å². The SMILES string of the molecule is COC(=O)[C@@H]1CN(C(=O)OC(C)(C)C)C(=O)O1. The number of amides is 2. The van der Waals surface area contributed by atoms with Crippen molar-refractivity contribution >= 4 is 18.2 Å². The largest absolute Gasteiger partial charge is 0.466 e. The van der Waals surface area contributed by atoms with Crippen LogP contribution >= 0.6 is 0 Å². The highest BCUT2D eigenvalue weighted by atomic mass is 16.6. The number of hydrogen-bond acceptors (Lipinski definition) is 6. The zero-order chi connectivity index (χ0) is 13.2. The van der Waals surface area contributed by atoms with Gasteiger partial charge in [0.2, 0.25) is 6.10 Å². The molecule has 1 atom stereocenters. The Hall–Kier alpha value is -1.79. The summed E-state index contributed by atoms with van der Waals surface area (Å²) in [5, 5.41) is 0. The van der Waals surface area contributed by atoms with Gasteiger partial charge in [-0.1, -0.05) is 0 Å². The lowest BCUT2D eigenvalue weighted by Crippen LogP contribution is -2.38. The van der Waals surface area contributed by atoms with E-state index >= 15 is 0 Å². The fourth-order valence-electron chi connectivity index (χ4n) is 1.18. The molecule has 7 heteroatoms. The average Bonchev–Trinajstić information content (AvgIpc) is 2.56. The number of nitrogens with zero attached hydrogens (tertiary/aromatic N) is 1. The lowest BCUT2D eigenvalue weighted by Gasteiger charge is -2.21. The minimum absolute atomic E-state index is 0.194. The predicted molar refractivity (Wildman–Crippen MR) is 55.2 cm³/mol. The molecule has 1 saturated heterocycles. The van der Waals surface area contributed by atoms with Crippen molar-refractivity contribution in [1.29, 1.82) is 0 Å². The van der Waals surface area contributed by atoms with Gasteiger partial charge in [-0.2, -0.15) is 0 Å². The third-order valence-corrected chi connectivity index (χ3v) is 1.89. The van der Waals surface area contributed by atoms with E-state index in [9.17, 15) is 14.4 Å². The normalized spacial score (nSPS) is 19.9. The van der Waals surface area contributed by atoms with E-state index in [-0.39, 0.29) is 6.54 Å². The van der Waals surface area contributed by atoms with Crippen LogP contribution in [0.5, 0.6) is 0 Å². The Morgan fingerprint density at radius 2 is 2.00 bits per heavy atom. The highest BCUT2D eigenvalue weighted by Gasteiger charge is 2.42. The number of hydrogen-bond donors (Lipinski definition) is 0. The van der Waals surface area contributed by atoms with Crippen LogP contribution in [0.3, 0.4) is 0 Å². The van der Waals surface area contributed by atoms with Crippen LogP contribution in [-0.4, -0.2) is 48.4 Å². The molecule has 1 fully saturated rings. The Bertz CT molecular complexity index is 345. The van der Waals surface area contributed by atoms with Crippen molar-refractivity contribution in [3.63, 3.8) is 0 Å². The van der Waals surface area contributed by atoms with Crippen molar-refractivity contribution in [2.24, 2.45) is 0 Å². The molecule has 0 aromatic heterocycles. The maximum Gasteiger partial charge on any atom is 0.420 e. The van der Waals surface area contributed by atoms with E-state index in [1.165, 1.54) is 7.11 Å². The van der Waals surface area contributed by atoms with Crippen molar-refractivity contribution < 1.29 is 28.6 Å². The first-order valence-electron chi connectivity index (χ1n) is 5.03. The van der Waals surface area contributed by atoms with E-state index in [0.29, 0.717) is 0 Å². The van der Waals surface area contributed by atoms with Crippen LogP contribution in [-0.2, 0) is 19.0 Å². The maximum absolute atomic E-state index is 11.6. The van der Waals surface area contributed by atoms with E-state index in [4.69, 9.17) is 4.74 Å². The number of methoxy groups -OCH3 is 1. The molecule has 0 unspecified atom stereocenters. The van der Waals surface area contributed by atoms with E-state index in [1.54, 1.807) is 20.8 Å². The fourth-order valence-corrected chi connectivity index (χ4v) is 1.18. The van der Waals surface area contributed by atoms with Gasteiger partial charge >= 0.3 is 18.2 Å². The fraction of sp³-hybridized carbons (Fsp3) is 0.700. The Kier molecular flexibility index (Phi) is 3.59. The maximum atomic E-state index is 11.6. The van der Waals surface area contributed by atoms with Gasteiger partial charge in [0.1, 0.15) is 5.60 Å². The van der Waals surface area contributed by atoms with Crippen LogP contribution in [0.15, 0.2) is 0 Å². The summed E-state index contributed by atoms with van der Waals surface area (Å²) in [6.07, 6.45) is -2.83. The first-order chi connectivity index (χ1) is 7.74. The highest BCUT2D eigenvalue weighted by Crippen LogP contribution is 2.17. The molecule has 0 bridgehead atoms. The van der Waals surface area contributed by atoms with Crippen molar-refractivity contribution in [1.82, 2.24) is 4.90 Å². The van der Waals surface area contributed by atoms with Crippen molar-refractivity contribution in [3.8, 4) is 0 Å². The molecule has 0 spiro atoms. The number of ether oxygens (including phenoxy) is 3. The lowest BCUT2D eigenvalue weighted by atomic mass is 10.2. The second-order valence-electron chi connectivity index (χ2n) is 4.49. The van der Waals surface area contributed by atoms with Gasteiger partial charge in [0.15, 0.2) is 0 Å².